The Morgan fingerprint density at radius 1 is 1.09 bits per heavy atom. The molecule has 0 aliphatic heterocycles. The highest BCUT2D eigenvalue weighted by molar-refractivity contribution is 7.98. The summed E-state index contributed by atoms with van der Waals surface area (Å²) in [6.07, 6.45) is 3.34. The molecule has 174 valence electrons. The van der Waals surface area contributed by atoms with Gasteiger partial charge in [-0.05, 0) is 43.7 Å². The monoisotopic (exact) mass is 476 g/mol. The van der Waals surface area contributed by atoms with Crippen LogP contribution in [-0.4, -0.2) is 27.6 Å². The van der Waals surface area contributed by atoms with Gasteiger partial charge in [-0.3, -0.25) is 4.79 Å². The first-order chi connectivity index (χ1) is 16.6. The number of ether oxygens (including phenoxy) is 2. The summed E-state index contributed by atoms with van der Waals surface area (Å²) in [4.78, 5) is 21.5. The molecule has 0 atom stereocenters. The fourth-order valence-corrected chi connectivity index (χ4v) is 3.95. The zero-order chi connectivity index (χ0) is 23.8. The van der Waals surface area contributed by atoms with Crippen LogP contribution < -0.4 is 14.8 Å². The molecule has 0 aliphatic carbocycles. The fourth-order valence-electron chi connectivity index (χ4n) is 3.08. The number of rotatable bonds is 10. The number of nitrogens with one attached hydrogen (secondary N) is 1. The van der Waals surface area contributed by atoms with Gasteiger partial charge < -0.3 is 19.3 Å². The Hall–Kier alpha value is -3.85. The molecule has 0 radical (unpaired) electrons. The summed E-state index contributed by atoms with van der Waals surface area (Å²) < 4.78 is 16.5. The lowest BCUT2D eigenvalue weighted by Crippen LogP contribution is -2.23. The molecular weight excluding hydrogens is 452 g/mol. The van der Waals surface area contributed by atoms with Crippen LogP contribution in [0.5, 0.6) is 17.4 Å². The van der Waals surface area contributed by atoms with Gasteiger partial charge in [-0.15, -0.1) is 0 Å². The number of amides is 1. The third kappa shape index (κ3) is 6.14. The number of thioether (sulfide) groups is 1. The van der Waals surface area contributed by atoms with E-state index in [4.69, 9.17) is 14.0 Å². The van der Waals surface area contributed by atoms with Crippen LogP contribution in [0.25, 0.3) is 0 Å². The van der Waals surface area contributed by atoms with Crippen LogP contribution in [0.3, 0.4) is 0 Å². The lowest BCUT2D eigenvalue weighted by atomic mass is 10.2. The van der Waals surface area contributed by atoms with E-state index in [0.29, 0.717) is 46.9 Å². The van der Waals surface area contributed by atoms with Gasteiger partial charge >= 0.3 is 0 Å². The van der Waals surface area contributed by atoms with Crippen molar-refractivity contribution in [1.82, 2.24) is 20.4 Å². The van der Waals surface area contributed by atoms with Gasteiger partial charge in [0.25, 0.3) is 5.91 Å². The molecule has 0 unspecified atom stereocenters. The van der Waals surface area contributed by atoms with Crippen molar-refractivity contribution < 1.29 is 18.8 Å². The van der Waals surface area contributed by atoms with Crippen LogP contribution in [0, 0.1) is 6.92 Å². The van der Waals surface area contributed by atoms with Crippen molar-refractivity contribution in [3.8, 4) is 17.4 Å². The molecule has 8 nitrogen and oxygen atoms in total. The highest BCUT2D eigenvalue weighted by Gasteiger charge is 2.14. The molecule has 0 saturated carbocycles. The van der Waals surface area contributed by atoms with Gasteiger partial charge in [0.1, 0.15) is 10.8 Å². The molecule has 1 amide bonds. The van der Waals surface area contributed by atoms with Gasteiger partial charge in [-0.25, -0.2) is 9.97 Å². The summed E-state index contributed by atoms with van der Waals surface area (Å²) in [7, 11) is 0. The summed E-state index contributed by atoms with van der Waals surface area (Å²) >= 11 is 1.44. The summed E-state index contributed by atoms with van der Waals surface area (Å²) in [5, 5.41) is 7.54. The standard InChI is InChI=1S/C25H24N4O4S/c1-3-31-21-8-4-5-9-22(21)32-23-11-10-18(14-27-23)15-28-24(30)20-7-6-12-26-25(20)34-16-19-13-17(2)33-29-19/h4-14H,3,15-16H2,1-2H3,(H,28,30). The molecule has 34 heavy (non-hydrogen) atoms. The number of hydrogen-bond acceptors (Lipinski definition) is 8. The Bertz CT molecular complexity index is 1240. The Morgan fingerprint density at radius 2 is 1.94 bits per heavy atom. The predicted octanol–water partition coefficient (Wildman–Crippen LogP) is 5.19. The van der Waals surface area contributed by atoms with E-state index in [9.17, 15) is 4.79 Å². The van der Waals surface area contributed by atoms with Gasteiger partial charge in [0.05, 0.1) is 17.9 Å². The first kappa shape index (κ1) is 23.3. The van der Waals surface area contributed by atoms with Crippen LogP contribution in [0.4, 0.5) is 0 Å². The van der Waals surface area contributed by atoms with Crippen molar-refractivity contribution in [3.05, 3.63) is 89.6 Å². The molecule has 0 spiro atoms. The number of carbonyl (C=O) groups excluding carboxylic acids is 1. The minimum absolute atomic E-state index is 0.210. The summed E-state index contributed by atoms with van der Waals surface area (Å²) in [5.41, 5.74) is 2.15. The van der Waals surface area contributed by atoms with E-state index >= 15 is 0 Å². The molecule has 0 aliphatic rings. The Balaban J connectivity index is 1.34. The molecule has 9 heteroatoms. The number of carbonyl (C=O) groups is 1. The molecule has 0 fully saturated rings. The van der Waals surface area contributed by atoms with Crippen LogP contribution in [0.1, 0.15) is 34.3 Å². The maximum atomic E-state index is 12.8. The van der Waals surface area contributed by atoms with E-state index in [-0.39, 0.29) is 5.91 Å². The maximum absolute atomic E-state index is 12.8. The second-order valence-corrected chi connectivity index (χ2v) is 8.21. The van der Waals surface area contributed by atoms with Crippen molar-refractivity contribution in [3.63, 3.8) is 0 Å². The normalized spacial score (nSPS) is 10.6. The number of nitrogens with zero attached hydrogens (tertiary/aromatic N) is 3. The smallest absolute Gasteiger partial charge is 0.254 e. The van der Waals surface area contributed by atoms with Crippen molar-refractivity contribution >= 4 is 17.7 Å². The SMILES string of the molecule is CCOc1ccccc1Oc1ccc(CNC(=O)c2cccnc2SCc2cc(C)on2)cn1. The molecule has 1 N–H and O–H groups in total. The van der Waals surface area contributed by atoms with Crippen molar-refractivity contribution in [2.45, 2.75) is 31.2 Å². The largest absolute Gasteiger partial charge is 0.490 e. The van der Waals surface area contributed by atoms with E-state index < -0.39 is 0 Å². The topological polar surface area (TPSA) is 99.4 Å². The Morgan fingerprint density at radius 3 is 2.68 bits per heavy atom. The van der Waals surface area contributed by atoms with Crippen LogP contribution in [0.15, 0.2) is 76.5 Å². The second kappa shape index (κ2) is 11.3. The maximum Gasteiger partial charge on any atom is 0.254 e. The van der Waals surface area contributed by atoms with Crippen molar-refractivity contribution in [2.24, 2.45) is 0 Å². The molecule has 0 saturated heterocycles. The summed E-state index contributed by atoms with van der Waals surface area (Å²) in [5.74, 6) is 2.80. The van der Waals surface area contributed by atoms with Gasteiger partial charge in [0.15, 0.2) is 11.5 Å². The average molecular weight is 477 g/mol. The van der Waals surface area contributed by atoms with Crippen molar-refractivity contribution in [1.29, 1.82) is 0 Å². The van der Waals surface area contributed by atoms with Gasteiger partial charge in [0, 0.05) is 36.8 Å². The number of benzene rings is 1. The molecular formula is C25H24N4O4S. The zero-order valence-corrected chi connectivity index (χ0v) is 19.7. The second-order valence-electron chi connectivity index (χ2n) is 7.24. The number of aryl methyl sites for hydroxylation is 1. The van der Waals surface area contributed by atoms with Gasteiger partial charge in [0.2, 0.25) is 5.88 Å². The molecule has 4 rings (SSSR count). The number of pyridine rings is 2. The molecule has 4 aromatic rings. The fraction of sp³-hybridized carbons (Fsp3) is 0.200. The average Bonchev–Trinajstić information content (AvgIpc) is 3.28. The summed E-state index contributed by atoms with van der Waals surface area (Å²) in [6.45, 7) is 4.63. The zero-order valence-electron chi connectivity index (χ0n) is 18.9. The van der Waals surface area contributed by atoms with E-state index in [1.54, 1.807) is 30.6 Å². The van der Waals surface area contributed by atoms with E-state index in [1.807, 2.05) is 50.2 Å². The van der Waals surface area contributed by atoms with Gasteiger partial charge in [-0.2, -0.15) is 0 Å². The minimum atomic E-state index is -0.210. The summed E-state index contributed by atoms with van der Waals surface area (Å²) in [6, 6.07) is 16.4. The number of para-hydroxylation sites is 2. The van der Waals surface area contributed by atoms with Crippen LogP contribution in [-0.2, 0) is 12.3 Å². The van der Waals surface area contributed by atoms with E-state index in [1.165, 1.54) is 11.8 Å². The lowest BCUT2D eigenvalue weighted by molar-refractivity contribution is 0.0947. The van der Waals surface area contributed by atoms with Gasteiger partial charge in [-0.1, -0.05) is 35.1 Å². The van der Waals surface area contributed by atoms with E-state index in [2.05, 4.69) is 20.4 Å². The predicted molar refractivity (Wildman–Crippen MR) is 128 cm³/mol. The minimum Gasteiger partial charge on any atom is -0.490 e. The highest BCUT2D eigenvalue weighted by atomic mass is 32.2. The first-order valence-electron chi connectivity index (χ1n) is 10.7. The van der Waals surface area contributed by atoms with Crippen molar-refractivity contribution in [2.75, 3.05) is 6.61 Å². The highest BCUT2D eigenvalue weighted by Crippen LogP contribution is 2.30. The molecule has 0 bridgehead atoms. The molecule has 1 aromatic carbocycles. The Kier molecular flexibility index (Phi) is 7.77. The van der Waals surface area contributed by atoms with Crippen LogP contribution >= 0.6 is 11.8 Å². The van der Waals surface area contributed by atoms with Crippen LogP contribution in [0.2, 0.25) is 0 Å². The Labute approximate surface area is 201 Å². The third-order valence-corrected chi connectivity index (χ3v) is 5.70. The first-order valence-corrected chi connectivity index (χ1v) is 11.7. The third-order valence-electron chi connectivity index (χ3n) is 4.66. The quantitative estimate of drug-likeness (QED) is 0.312. The van der Waals surface area contributed by atoms with E-state index in [0.717, 1.165) is 17.0 Å². The molecule has 3 aromatic heterocycles. The number of aromatic nitrogens is 3. The number of hydrogen-bond donors (Lipinski definition) is 1. The molecule has 3 heterocycles. The lowest BCUT2D eigenvalue weighted by Gasteiger charge is -2.11.